The van der Waals surface area contributed by atoms with Crippen LogP contribution < -0.4 is 10.6 Å². The van der Waals surface area contributed by atoms with Crippen molar-refractivity contribution in [3.8, 4) is 11.1 Å². The van der Waals surface area contributed by atoms with Gasteiger partial charge in [-0.1, -0.05) is 75.2 Å². The van der Waals surface area contributed by atoms with Crippen LogP contribution in [0.15, 0.2) is 48.5 Å². The predicted molar refractivity (Wildman–Crippen MR) is 133 cm³/mol. The molecule has 7 heteroatoms. The Labute approximate surface area is 206 Å². The van der Waals surface area contributed by atoms with Crippen LogP contribution >= 0.6 is 0 Å². The Hall–Kier alpha value is -3.35. The molecule has 0 aliphatic heterocycles. The highest BCUT2D eigenvalue weighted by molar-refractivity contribution is 5.80. The zero-order valence-electron chi connectivity index (χ0n) is 20.4. The summed E-state index contributed by atoms with van der Waals surface area (Å²) in [6.07, 6.45) is 2.57. The normalized spacial score (nSPS) is 16.9. The molecule has 4 rings (SSSR count). The van der Waals surface area contributed by atoms with Crippen LogP contribution in [0.25, 0.3) is 11.1 Å². The molecule has 1 atom stereocenters. The van der Waals surface area contributed by atoms with E-state index in [-0.39, 0.29) is 37.2 Å². The summed E-state index contributed by atoms with van der Waals surface area (Å²) in [6.45, 7) is 4.08. The number of rotatable bonds is 9. The van der Waals surface area contributed by atoms with Gasteiger partial charge in [0.25, 0.3) is 0 Å². The van der Waals surface area contributed by atoms with Crippen molar-refractivity contribution in [3.05, 3.63) is 59.7 Å². The summed E-state index contributed by atoms with van der Waals surface area (Å²) < 4.78 is 5.65. The summed E-state index contributed by atoms with van der Waals surface area (Å²) in [5.74, 6) is -1.19. The van der Waals surface area contributed by atoms with Crippen LogP contribution in [-0.4, -0.2) is 41.3 Å². The largest absolute Gasteiger partial charge is 0.481 e. The van der Waals surface area contributed by atoms with Crippen LogP contribution in [0.3, 0.4) is 0 Å². The molecule has 2 aliphatic carbocycles. The summed E-state index contributed by atoms with van der Waals surface area (Å²) in [6, 6.07) is 15.9. The second-order valence-electron chi connectivity index (χ2n) is 10.1. The van der Waals surface area contributed by atoms with Gasteiger partial charge < -0.3 is 20.5 Å². The lowest BCUT2D eigenvalue weighted by molar-refractivity contribution is -0.139. The maximum absolute atomic E-state index is 12.8. The van der Waals surface area contributed by atoms with E-state index >= 15 is 0 Å². The molecule has 35 heavy (non-hydrogen) atoms. The quantitative estimate of drug-likeness (QED) is 0.478. The molecule has 1 saturated carbocycles. The predicted octanol–water partition coefficient (Wildman–Crippen LogP) is 4.84. The molecule has 0 aromatic heterocycles. The number of ether oxygens (including phenoxy) is 1. The van der Waals surface area contributed by atoms with Crippen LogP contribution in [0.5, 0.6) is 0 Å². The molecule has 1 fully saturated rings. The van der Waals surface area contributed by atoms with Gasteiger partial charge in [-0.2, -0.15) is 0 Å². The first-order chi connectivity index (χ1) is 16.8. The fraction of sp³-hybridized carbons (Fsp3) is 0.464. The minimum atomic E-state index is -0.913. The summed E-state index contributed by atoms with van der Waals surface area (Å²) >= 11 is 0. The van der Waals surface area contributed by atoms with Crippen LogP contribution in [0.4, 0.5) is 4.79 Å². The van der Waals surface area contributed by atoms with Crippen molar-refractivity contribution in [2.24, 2.45) is 5.92 Å². The van der Waals surface area contributed by atoms with Gasteiger partial charge in [-0.3, -0.25) is 9.59 Å². The number of carbonyl (C=O) groups excluding carboxylic acids is 2. The summed E-state index contributed by atoms with van der Waals surface area (Å²) in [5.41, 5.74) is 3.92. The van der Waals surface area contributed by atoms with Crippen molar-refractivity contribution in [1.82, 2.24) is 10.6 Å². The van der Waals surface area contributed by atoms with Gasteiger partial charge in [0.05, 0.1) is 12.0 Å². The average Bonchev–Trinajstić information content (AvgIpc) is 3.39. The van der Waals surface area contributed by atoms with Crippen molar-refractivity contribution in [2.45, 2.75) is 69.9 Å². The number of hydrogen-bond donors (Lipinski definition) is 3. The number of amides is 2. The highest BCUT2D eigenvalue weighted by atomic mass is 16.5. The van der Waals surface area contributed by atoms with E-state index in [1.165, 1.54) is 0 Å². The molecule has 0 spiro atoms. The van der Waals surface area contributed by atoms with E-state index in [2.05, 4.69) is 34.9 Å². The SMILES string of the molecule is CC(C)[C@H](CC(=O)NC1(CC(=O)O)CCCC1)NC(=O)OCC1c2ccccc2-c2ccccc21. The minimum Gasteiger partial charge on any atom is -0.481 e. The second-order valence-corrected chi connectivity index (χ2v) is 10.1. The number of carboxylic acids is 1. The van der Waals surface area contributed by atoms with E-state index in [9.17, 15) is 19.5 Å². The average molecular weight is 479 g/mol. The van der Waals surface area contributed by atoms with Crippen LogP contribution in [0.1, 0.15) is 69.4 Å². The minimum absolute atomic E-state index is 0.000217. The molecular formula is C28H34N2O5. The van der Waals surface area contributed by atoms with Crippen molar-refractivity contribution >= 4 is 18.0 Å². The molecule has 0 radical (unpaired) electrons. The third-order valence-corrected chi connectivity index (χ3v) is 7.31. The molecule has 2 aliphatic rings. The number of carbonyl (C=O) groups is 3. The van der Waals surface area contributed by atoms with E-state index in [1.807, 2.05) is 38.1 Å². The van der Waals surface area contributed by atoms with Gasteiger partial charge in [0, 0.05) is 18.4 Å². The number of nitrogens with one attached hydrogen (secondary N) is 2. The van der Waals surface area contributed by atoms with Gasteiger partial charge in [-0.05, 0) is 41.0 Å². The van der Waals surface area contributed by atoms with E-state index in [0.717, 1.165) is 35.1 Å². The fourth-order valence-electron chi connectivity index (χ4n) is 5.48. The third-order valence-electron chi connectivity index (χ3n) is 7.31. The Balaban J connectivity index is 1.36. The monoisotopic (exact) mass is 478 g/mol. The maximum atomic E-state index is 12.8. The van der Waals surface area contributed by atoms with Gasteiger partial charge in [-0.15, -0.1) is 0 Å². The van der Waals surface area contributed by atoms with Gasteiger partial charge in [-0.25, -0.2) is 4.79 Å². The first kappa shape index (κ1) is 24.8. The Kier molecular flexibility index (Phi) is 7.43. The van der Waals surface area contributed by atoms with Crippen LogP contribution in [0.2, 0.25) is 0 Å². The molecule has 2 amide bonds. The van der Waals surface area contributed by atoms with Crippen LogP contribution in [0, 0.1) is 5.92 Å². The van der Waals surface area contributed by atoms with Crippen molar-refractivity contribution in [1.29, 1.82) is 0 Å². The molecule has 186 valence electrons. The Morgan fingerprint density at radius 1 is 1.00 bits per heavy atom. The number of alkyl carbamates (subject to hydrolysis) is 1. The lowest BCUT2D eigenvalue weighted by Crippen LogP contribution is -2.50. The Morgan fingerprint density at radius 3 is 2.11 bits per heavy atom. The van der Waals surface area contributed by atoms with Crippen molar-refractivity contribution in [2.75, 3.05) is 6.61 Å². The molecule has 2 aromatic rings. The Morgan fingerprint density at radius 2 is 1.57 bits per heavy atom. The molecule has 7 nitrogen and oxygen atoms in total. The standard InChI is InChI=1S/C28H34N2O5/c1-18(2)24(15-25(31)30-28(16-26(32)33)13-7-8-14-28)29-27(34)35-17-23-21-11-5-3-9-19(21)20-10-4-6-12-22(20)23/h3-6,9-12,18,23-24H,7-8,13-17H2,1-2H3,(H,29,34)(H,30,31)(H,32,33)/t24-/m0/s1. The third kappa shape index (κ3) is 5.66. The number of hydrogen-bond acceptors (Lipinski definition) is 4. The second kappa shape index (κ2) is 10.5. The lowest BCUT2D eigenvalue weighted by atomic mass is 9.92. The highest BCUT2D eigenvalue weighted by Gasteiger charge is 2.38. The topological polar surface area (TPSA) is 105 Å². The Bertz CT molecular complexity index is 1040. The molecule has 2 aromatic carbocycles. The molecule has 3 N–H and O–H groups in total. The van der Waals surface area contributed by atoms with Gasteiger partial charge in [0.2, 0.25) is 5.91 Å². The molecule has 0 bridgehead atoms. The smallest absolute Gasteiger partial charge is 0.407 e. The van der Waals surface area contributed by atoms with Gasteiger partial charge in [0.1, 0.15) is 6.61 Å². The summed E-state index contributed by atoms with van der Waals surface area (Å²) in [5, 5.41) is 15.1. The summed E-state index contributed by atoms with van der Waals surface area (Å²) in [4.78, 5) is 36.9. The first-order valence-corrected chi connectivity index (χ1v) is 12.4. The maximum Gasteiger partial charge on any atom is 0.407 e. The number of aliphatic carboxylic acids is 1. The molecule has 0 saturated heterocycles. The highest BCUT2D eigenvalue weighted by Crippen LogP contribution is 2.44. The van der Waals surface area contributed by atoms with E-state index in [4.69, 9.17) is 4.74 Å². The van der Waals surface area contributed by atoms with Gasteiger partial charge >= 0.3 is 12.1 Å². The van der Waals surface area contributed by atoms with E-state index in [0.29, 0.717) is 12.8 Å². The fourth-order valence-corrected chi connectivity index (χ4v) is 5.48. The zero-order valence-corrected chi connectivity index (χ0v) is 20.4. The number of carboxylic acid groups (broad SMARTS) is 1. The number of fused-ring (bicyclic) bond motifs is 3. The van der Waals surface area contributed by atoms with Crippen molar-refractivity contribution < 1.29 is 24.2 Å². The van der Waals surface area contributed by atoms with Crippen molar-refractivity contribution in [3.63, 3.8) is 0 Å². The summed E-state index contributed by atoms with van der Waals surface area (Å²) in [7, 11) is 0. The van der Waals surface area contributed by atoms with Crippen LogP contribution in [-0.2, 0) is 14.3 Å². The zero-order chi connectivity index (χ0) is 25.0. The molecule has 0 heterocycles. The molecular weight excluding hydrogens is 444 g/mol. The van der Waals surface area contributed by atoms with Gasteiger partial charge in [0.15, 0.2) is 0 Å². The lowest BCUT2D eigenvalue weighted by Gasteiger charge is -2.30. The first-order valence-electron chi connectivity index (χ1n) is 12.4. The molecule has 0 unspecified atom stereocenters. The van der Waals surface area contributed by atoms with E-state index < -0.39 is 23.6 Å². The number of benzene rings is 2. The van der Waals surface area contributed by atoms with E-state index in [1.54, 1.807) is 0 Å².